The number of nitrogens with two attached hydrogens (primary N) is 1. The lowest BCUT2D eigenvalue weighted by molar-refractivity contribution is -0.190. The Bertz CT molecular complexity index is 1290. The zero-order valence-corrected chi connectivity index (χ0v) is 19.8. The summed E-state index contributed by atoms with van der Waals surface area (Å²) in [4.78, 5) is 58.6. The van der Waals surface area contributed by atoms with Crippen LogP contribution in [0.15, 0.2) is 36.7 Å². The quantitative estimate of drug-likeness (QED) is 0.420. The number of phenolic OH excluding ortho intramolecular Hbond substituents is 1. The molecular weight excluding hydrogens is 466 g/mol. The maximum absolute atomic E-state index is 13.8. The zero-order valence-electron chi connectivity index (χ0n) is 19.8. The van der Waals surface area contributed by atoms with E-state index in [2.05, 4.69) is 4.98 Å². The van der Waals surface area contributed by atoms with E-state index in [4.69, 9.17) is 5.73 Å². The van der Waals surface area contributed by atoms with Gasteiger partial charge in [0.15, 0.2) is 23.0 Å². The van der Waals surface area contributed by atoms with Gasteiger partial charge in [-0.3, -0.25) is 24.2 Å². The van der Waals surface area contributed by atoms with Crippen LogP contribution in [-0.2, 0) is 20.8 Å². The maximum Gasteiger partial charge on any atom is 0.230 e. The van der Waals surface area contributed by atoms with Crippen LogP contribution in [0.3, 0.4) is 0 Å². The van der Waals surface area contributed by atoms with Crippen molar-refractivity contribution < 1.29 is 34.5 Å². The number of aromatic hydroxyl groups is 1. The Morgan fingerprint density at radius 1 is 1.17 bits per heavy atom. The second kappa shape index (κ2) is 8.29. The van der Waals surface area contributed by atoms with Gasteiger partial charge in [-0.1, -0.05) is 12.1 Å². The van der Waals surface area contributed by atoms with Gasteiger partial charge in [0.1, 0.15) is 11.7 Å². The first-order chi connectivity index (χ1) is 17.0. The number of likely N-dealkylation sites (N-methyl/N-ethyl adjacent to an activating group) is 1. The number of hydrogen-bond donors (Lipinski definition) is 4. The fourth-order valence-electron chi connectivity index (χ4n) is 6.61. The molecule has 3 unspecified atom stereocenters. The Morgan fingerprint density at radius 3 is 2.50 bits per heavy atom. The van der Waals surface area contributed by atoms with Crippen molar-refractivity contribution in [2.24, 2.45) is 29.4 Å². The molecule has 3 aliphatic rings. The number of ketones is 3. The highest BCUT2D eigenvalue weighted by molar-refractivity contribution is 6.25. The summed E-state index contributed by atoms with van der Waals surface area (Å²) in [5.41, 5.74) is 4.68. The topological polar surface area (TPSA) is 171 Å². The van der Waals surface area contributed by atoms with Crippen molar-refractivity contribution in [2.45, 2.75) is 30.6 Å². The van der Waals surface area contributed by atoms with Crippen LogP contribution in [0.1, 0.15) is 22.3 Å². The average Bonchev–Trinajstić information content (AvgIpc) is 2.81. The number of amides is 1. The van der Waals surface area contributed by atoms with Crippen molar-refractivity contribution in [3.05, 3.63) is 47.8 Å². The second-order valence-electron chi connectivity index (χ2n) is 10.2. The predicted molar refractivity (Wildman–Crippen MR) is 126 cm³/mol. The number of carbonyl (C=O) groups is 4. The summed E-state index contributed by atoms with van der Waals surface area (Å²) < 4.78 is 0. The fourth-order valence-corrected chi connectivity index (χ4v) is 6.61. The van der Waals surface area contributed by atoms with Crippen molar-refractivity contribution >= 4 is 23.3 Å². The Morgan fingerprint density at radius 2 is 1.89 bits per heavy atom. The van der Waals surface area contributed by atoms with E-state index in [0.717, 1.165) is 5.56 Å². The van der Waals surface area contributed by atoms with Crippen molar-refractivity contribution in [2.75, 3.05) is 14.1 Å². The molecule has 1 aromatic heterocycles. The average molecular weight is 494 g/mol. The molecule has 3 aliphatic carbocycles. The number of pyridine rings is 1. The minimum absolute atomic E-state index is 0.0214. The number of nitrogens with zero attached hydrogens (tertiary/aromatic N) is 2. The minimum Gasteiger partial charge on any atom is -0.507 e. The van der Waals surface area contributed by atoms with E-state index < -0.39 is 64.7 Å². The highest BCUT2D eigenvalue weighted by Crippen LogP contribution is 2.52. The lowest BCUT2D eigenvalue weighted by Crippen LogP contribution is -2.75. The van der Waals surface area contributed by atoms with Crippen LogP contribution in [-0.4, -0.2) is 80.3 Å². The molecule has 0 radical (unpaired) electrons. The molecule has 1 heterocycles. The Balaban J connectivity index is 1.66. The Hall–Kier alpha value is -3.47. The summed E-state index contributed by atoms with van der Waals surface area (Å²) in [7, 11) is 3.22. The number of aromatic nitrogens is 1. The van der Waals surface area contributed by atoms with Gasteiger partial charge in [-0.05, 0) is 56.1 Å². The molecule has 2 aromatic rings. The molecule has 0 saturated heterocycles. The van der Waals surface area contributed by atoms with E-state index in [9.17, 15) is 34.5 Å². The van der Waals surface area contributed by atoms with Gasteiger partial charge in [0, 0.05) is 29.9 Å². The normalized spacial score (nSPS) is 33.6. The Labute approximate surface area is 206 Å². The third-order valence-electron chi connectivity index (χ3n) is 8.15. The highest BCUT2D eigenvalue weighted by atomic mass is 16.3. The largest absolute Gasteiger partial charge is 0.507 e. The number of rotatable bonds is 3. The molecule has 2 saturated carbocycles. The van der Waals surface area contributed by atoms with E-state index >= 15 is 0 Å². The van der Waals surface area contributed by atoms with Crippen molar-refractivity contribution in [3.8, 4) is 16.9 Å². The number of hydrogen-bond acceptors (Lipinski definition) is 9. The van der Waals surface area contributed by atoms with Crippen LogP contribution in [0.5, 0.6) is 5.75 Å². The number of fused-ring (bicyclic) bond motifs is 3. The van der Waals surface area contributed by atoms with Gasteiger partial charge >= 0.3 is 0 Å². The van der Waals surface area contributed by atoms with Crippen molar-refractivity contribution in [1.82, 2.24) is 9.88 Å². The number of primary amides is 1. The number of benzene rings is 1. The summed E-state index contributed by atoms with van der Waals surface area (Å²) in [5, 5.41) is 33.2. The molecule has 36 heavy (non-hydrogen) atoms. The number of aliphatic hydroxyl groups is 2. The van der Waals surface area contributed by atoms with Crippen LogP contribution in [0.2, 0.25) is 0 Å². The number of aliphatic hydroxyl groups excluding tert-OH is 1. The summed E-state index contributed by atoms with van der Waals surface area (Å²) in [6.07, 6.45) is 2.02. The van der Waals surface area contributed by atoms with E-state index in [1.807, 2.05) is 6.07 Å². The second-order valence-corrected chi connectivity index (χ2v) is 10.2. The van der Waals surface area contributed by atoms with Gasteiger partial charge in [0.25, 0.3) is 0 Å². The van der Waals surface area contributed by atoms with Crippen LogP contribution < -0.4 is 5.73 Å². The summed E-state index contributed by atoms with van der Waals surface area (Å²) >= 11 is 0. The molecule has 0 bridgehead atoms. The van der Waals surface area contributed by atoms with Gasteiger partial charge < -0.3 is 26.0 Å². The summed E-state index contributed by atoms with van der Waals surface area (Å²) in [6.45, 7) is 0. The first kappa shape index (κ1) is 24.2. The SMILES string of the molecule is CN(C)[C@H]1C(O)C(C(N)=O)C(=O)[C@]2(O)C(=O)C3C(=O)c4c(O)ccc(-c5cccnc5)c4C[C@@H]3C[C@H]12. The monoisotopic (exact) mass is 493 g/mol. The van der Waals surface area contributed by atoms with Gasteiger partial charge in [0.2, 0.25) is 5.91 Å². The number of phenols is 1. The molecule has 1 aromatic carbocycles. The maximum atomic E-state index is 13.8. The minimum atomic E-state index is -2.67. The Kier molecular flexibility index (Phi) is 5.58. The fraction of sp³-hybridized carbons (Fsp3) is 0.423. The molecule has 0 aliphatic heterocycles. The molecule has 7 atom stereocenters. The van der Waals surface area contributed by atoms with E-state index in [0.29, 0.717) is 11.1 Å². The van der Waals surface area contributed by atoms with Crippen molar-refractivity contribution in [3.63, 3.8) is 0 Å². The van der Waals surface area contributed by atoms with Gasteiger partial charge in [-0.25, -0.2) is 0 Å². The standard InChI is InChI=1S/C26H27N3O7/c1-29(2)20-15-9-12-8-14-13(11-4-3-7-28-10-11)5-6-16(30)18(14)21(31)17(12)23(33)26(15,36)24(34)19(22(20)32)25(27)35/h3-7,10,12,15,17,19-20,22,30,32,36H,8-9H2,1-2H3,(H2,27,35)/t12-,15-,17?,19?,20-,22?,26-/m1/s1. The number of Topliss-reactive ketones (excluding diaryl/α,β-unsaturated/α-hetero) is 3. The highest BCUT2D eigenvalue weighted by Gasteiger charge is 2.69. The lowest BCUT2D eigenvalue weighted by Gasteiger charge is -2.54. The molecule has 1 amide bonds. The first-order valence-corrected chi connectivity index (χ1v) is 11.7. The van der Waals surface area contributed by atoms with Gasteiger partial charge in [-0.15, -0.1) is 0 Å². The third kappa shape index (κ3) is 3.18. The van der Waals surface area contributed by atoms with E-state index in [-0.39, 0.29) is 24.2 Å². The van der Waals surface area contributed by atoms with Crippen molar-refractivity contribution in [1.29, 1.82) is 0 Å². The summed E-state index contributed by atoms with van der Waals surface area (Å²) in [6, 6.07) is 5.70. The smallest absolute Gasteiger partial charge is 0.230 e. The third-order valence-corrected chi connectivity index (χ3v) is 8.15. The van der Waals surface area contributed by atoms with E-state index in [1.54, 1.807) is 43.5 Å². The van der Waals surface area contributed by atoms with Crippen LogP contribution in [0, 0.1) is 23.7 Å². The van der Waals surface area contributed by atoms with E-state index in [1.165, 1.54) is 6.07 Å². The molecule has 10 heteroatoms. The van der Waals surface area contributed by atoms with Gasteiger partial charge in [-0.2, -0.15) is 0 Å². The molecule has 0 spiro atoms. The molecule has 2 fully saturated rings. The van der Waals surface area contributed by atoms with Gasteiger partial charge in [0.05, 0.1) is 17.6 Å². The lowest BCUT2D eigenvalue weighted by atomic mass is 9.52. The number of carbonyl (C=O) groups excluding carboxylic acids is 4. The van der Waals surface area contributed by atoms with Crippen LogP contribution in [0.4, 0.5) is 0 Å². The first-order valence-electron chi connectivity index (χ1n) is 11.7. The molecule has 188 valence electrons. The molecule has 5 rings (SSSR count). The molecular formula is C26H27N3O7. The predicted octanol–water partition coefficient (Wildman–Crippen LogP) is -0.279. The zero-order chi connectivity index (χ0) is 26.1. The summed E-state index contributed by atoms with van der Waals surface area (Å²) in [5.74, 6) is -9.16. The van der Waals surface area contributed by atoms with Crippen LogP contribution in [0.25, 0.3) is 11.1 Å². The van der Waals surface area contributed by atoms with Crippen LogP contribution >= 0.6 is 0 Å². The molecule has 10 nitrogen and oxygen atoms in total. The molecule has 5 N–H and O–H groups in total.